The van der Waals surface area contributed by atoms with Gasteiger partial charge in [-0.25, -0.2) is 9.97 Å². The minimum Gasteiger partial charge on any atom is -0.266 e. The van der Waals surface area contributed by atoms with Crippen LogP contribution in [0.25, 0.3) is 27.9 Å². The first kappa shape index (κ1) is 17.4. The van der Waals surface area contributed by atoms with Gasteiger partial charge in [-0.05, 0) is 50.4 Å². The quantitative estimate of drug-likeness (QED) is 0.450. The SMILES string of the molecule is Cc1nn(C2CC2)c(C)c1-c1nc2c3cccc(C(F)(F)F)c3nc(Cl)n2n1. The number of aryl methyl sites for hydroxylation is 1. The van der Waals surface area contributed by atoms with Gasteiger partial charge in [-0.2, -0.15) is 22.8 Å². The molecule has 0 radical (unpaired) electrons. The van der Waals surface area contributed by atoms with Gasteiger partial charge in [0.25, 0.3) is 0 Å². The maximum Gasteiger partial charge on any atom is 0.418 e. The van der Waals surface area contributed by atoms with Crippen molar-refractivity contribution in [3.63, 3.8) is 0 Å². The van der Waals surface area contributed by atoms with Crippen molar-refractivity contribution in [2.24, 2.45) is 0 Å². The Bertz CT molecular complexity index is 1250. The van der Waals surface area contributed by atoms with Crippen LogP contribution in [0.4, 0.5) is 13.2 Å². The van der Waals surface area contributed by atoms with Crippen molar-refractivity contribution in [1.82, 2.24) is 29.4 Å². The highest BCUT2D eigenvalue weighted by Crippen LogP contribution is 2.39. The molecule has 0 unspecified atom stereocenters. The Balaban J connectivity index is 1.79. The van der Waals surface area contributed by atoms with Crippen molar-refractivity contribution in [3.8, 4) is 11.4 Å². The average molecular weight is 407 g/mol. The van der Waals surface area contributed by atoms with Crippen LogP contribution in [0.5, 0.6) is 0 Å². The fourth-order valence-electron chi connectivity index (χ4n) is 3.59. The molecule has 0 spiro atoms. The van der Waals surface area contributed by atoms with E-state index in [0.29, 0.717) is 11.9 Å². The van der Waals surface area contributed by atoms with Crippen LogP contribution in [0.1, 0.15) is 35.8 Å². The Morgan fingerprint density at radius 2 is 1.86 bits per heavy atom. The molecule has 3 heterocycles. The van der Waals surface area contributed by atoms with Crippen molar-refractivity contribution in [1.29, 1.82) is 0 Å². The molecule has 1 aromatic carbocycles. The molecule has 6 nitrogen and oxygen atoms in total. The Morgan fingerprint density at radius 3 is 2.54 bits per heavy atom. The van der Waals surface area contributed by atoms with E-state index in [0.717, 1.165) is 35.9 Å². The number of fused-ring (bicyclic) bond motifs is 3. The standard InChI is InChI=1S/C18H14ClF3N6/c1-8-13(9(2)27(25-8)10-6-7-10)15-24-16-11-4-3-5-12(18(20,21)22)14(11)23-17(19)28(16)26-15/h3-5,10H,6-7H2,1-2H3. The third kappa shape index (κ3) is 2.49. The Labute approximate surface area is 162 Å². The van der Waals surface area contributed by atoms with Crippen LogP contribution in [0, 0.1) is 13.8 Å². The maximum absolute atomic E-state index is 13.4. The van der Waals surface area contributed by atoms with E-state index in [-0.39, 0.29) is 21.8 Å². The summed E-state index contributed by atoms with van der Waals surface area (Å²) in [5, 5.41) is 9.06. The van der Waals surface area contributed by atoms with Crippen LogP contribution < -0.4 is 0 Å². The topological polar surface area (TPSA) is 60.9 Å². The zero-order valence-corrected chi connectivity index (χ0v) is 15.7. The van der Waals surface area contributed by atoms with Gasteiger partial charge < -0.3 is 0 Å². The molecule has 1 aliphatic rings. The molecule has 0 atom stereocenters. The third-order valence-electron chi connectivity index (χ3n) is 5.01. The number of para-hydroxylation sites is 1. The fraction of sp³-hybridized carbons (Fsp3) is 0.333. The molecule has 1 saturated carbocycles. The lowest BCUT2D eigenvalue weighted by Crippen LogP contribution is -2.07. The molecule has 1 aliphatic carbocycles. The number of hydrogen-bond donors (Lipinski definition) is 0. The zero-order chi connectivity index (χ0) is 19.8. The Kier molecular flexibility index (Phi) is 3.52. The first-order valence-electron chi connectivity index (χ1n) is 8.74. The summed E-state index contributed by atoms with van der Waals surface area (Å²) >= 11 is 6.17. The predicted molar refractivity (Wildman–Crippen MR) is 97.3 cm³/mol. The van der Waals surface area contributed by atoms with E-state index in [9.17, 15) is 13.2 Å². The number of benzene rings is 1. The summed E-state index contributed by atoms with van der Waals surface area (Å²) < 4.78 is 43.4. The Morgan fingerprint density at radius 1 is 1.11 bits per heavy atom. The lowest BCUT2D eigenvalue weighted by molar-refractivity contribution is -0.136. The van der Waals surface area contributed by atoms with Gasteiger partial charge >= 0.3 is 6.18 Å². The summed E-state index contributed by atoms with van der Waals surface area (Å²) in [6.45, 7) is 3.81. The van der Waals surface area contributed by atoms with E-state index in [1.165, 1.54) is 16.6 Å². The molecule has 1 fully saturated rings. The highest BCUT2D eigenvalue weighted by atomic mass is 35.5. The normalized spacial score (nSPS) is 15.1. The molecule has 10 heteroatoms. The maximum atomic E-state index is 13.4. The van der Waals surface area contributed by atoms with Crippen LogP contribution in [-0.4, -0.2) is 29.4 Å². The second-order valence-electron chi connectivity index (χ2n) is 6.97. The zero-order valence-electron chi connectivity index (χ0n) is 14.9. The highest BCUT2D eigenvalue weighted by molar-refractivity contribution is 6.29. The molecule has 3 aromatic heterocycles. The van der Waals surface area contributed by atoms with E-state index in [1.807, 2.05) is 18.5 Å². The van der Waals surface area contributed by atoms with E-state index in [4.69, 9.17) is 11.6 Å². The molecule has 0 amide bonds. The second-order valence-corrected chi connectivity index (χ2v) is 7.31. The van der Waals surface area contributed by atoms with Gasteiger partial charge in [-0.15, -0.1) is 5.10 Å². The van der Waals surface area contributed by atoms with Gasteiger partial charge in [0.05, 0.1) is 28.4 Å². The summed E-state index contributed by atoms with van der Waals surface area (Å²) in [6, 6.07) is 4.24. The van der Waals surface area contributed by atoms with Gasteiger partial charge in [-0.1, -0.05) is 6.07 Å². The summed E-state index contributed by atoms with van der Waals surface area (Å²) in [5.41, 5.74) is 1.60. The molecule has 144 valence electrons. The van der Waals surface area contributed by atoms with Crippen LogP contribution in [0.2, 0.25) is 5.28 Å². The summed E-state index contributed by atoms with van der Waals surface area (Å²) in [6.07, 6.45) is -2.38. The van der Waals surface area contributed by atoms with Crippen molar-refractivity contribution >= 4 is 28.2 Å². The van der Waals surface area contributed by atoms with E-state index in [1.54, 1.807) is 0 Å². The monoisotopic (exact) mass is 406 g/mol. The van der Waals surface area contributed by atoms with Gasteiger partial charge in [0, 0.05) is 11.1 Å². The van der Waals surface area contributed by atoms with Crippen LogP contribution in [-0.2, 0) is 6.18 Å². The molecule has 28 heavy (non-hydrogen) atoms. The average Bonchev–Trinajstić information content (AvgIpc) is 3.29. The number of halogens is 4. The number of alkyl halides is 3. The minimum atomic E-state index is -4.55. The summed E-state index contributed by atoms with van der Waals surface area (Å²) in [7, 11) is 0. The number of aromatic nitrogens is 6. The van der Waals surface area contributed by atoms with Crippen LogP contribution in [0.15, 0.2) is 18.2 Å². The fourth-order valence-corrected chi connectivity index (χ4v) is 3.80. The molecular formula is C18H14ClF3N6. The number of nitrogens with zero attached hydrogens (tertiary/aromatic N) is 6. The van der Waals surface area contributed by atoms with E-state index in [2.05, 4.69) is 20.2 Å². The predicted octanol–water partition coefficient (Wildman–Crippen LogP) is 4.76. The summed E-state index contributed by atoms with van der Waals surface area (Å²) in [4.78, 5) is 8.47. The molecule has 0 bridgehead atoms. The smallest absolute Gasteiger partial charge is 0.266 e. The lowest BCUT2D eigenvalue weighted by Gasteiger charge is -2.10. The van der Waals surface area contributed by atoms with Gasteiger partial charge in [-0.3, -0.25) is 4.68 Å². The Hall–Kier alpha value is -2.68. The van der Waals surface area contributed by atoms with Gasteiger partial charge in [0.2, 0.25) is 5.28 Å². The minimum absolute atomic E-state index is 0.178. The number of hydrogen-bond acceptors (Lipinski definition) is 4. The summed E-state index contributed by atoms with van der Waals surface area (Å²) in [5.74, 6) is 0.371. The van der Waals surface area contributed by atoms with Gasteiger partial charge in [0.15, 0.2) is 11.5 Å². The molecule has 5 rings (SSSR count). The van der Waals surface area contributed by atoms with Crippen molar-refractivity contribution < 1.29 is 13.2 Å². The van der Waals surface area contributed by atoms with Crippen molar-refractivity contribution in [3.05, 3.63) is 40.4 Å². The molecule has 4 aromatic rings. The van der Waals surface area contributed by atoms with E-state index < -0.39 is 11.7 Å². The van der Waals surface area contributed by atoms with Crippen LogP contribution in [0.3, 0.4) is 0 Å². The molecular weight excluding hydrogens is 393 g/mol. The molecule has 0 N–H and O–H groups in total. The first-order chi connectivity index (χ1) is 13.3. The first-order valence-corrected chi connectivity index (χ1v) is 9.12. The number of rotatable bonds is 2. The third-order valence-corrected chi connectivity index (χ3v) is 5.25. The lowest BCUT2D eigenvalue weighted by atomic mass is 10.1. The highest BCUT2D eigenvalue weighted by Gasteiger charge is 2.34. The second kappa shape index (κ2) is 5.66. The molecule has 0 aliphatic heterocycles. The van der Waals surface area contributed by atoms with Crippen molar-refractivity contribution in [2.45, 2.75) is 38.9 Å². The van der Waals surface area contributed by atoms with E-state index >= 15 is 0 Å². The molecule has 0 saturated heterocycles. The van der Waals surface area contributed by atoms with Gasteiger partial charge in [0.1, 0.15) is 0 Å². The van der Waals surface area contributed by atoms with Crippen LogP contribution >= 0.6 is 11.6 Å². The largest absolute Gasteiger partial charge is 0.418 e. The van der Waals surface area contributed by atoms with Crippen molar-refractivity contribution in [2.75, 3.05) is 0 Å².